The van der Waals surface area contributed by atoms with Crippen LogP contribution in [-0.4, -0.2) is 16.0 Å². The summed E-state index contributed by atoms with van der Waals surface area (Å²) in [6, 6.07) is 14.7. The summed E-state index contributed by atoms with van der Waals surface area (Å²) in [4.78, 5) is 26.2. The van der Waals surface area contributed by atoms with E-state index in [1.54, 1.807) is 24.3 Å². The molecule has 1 aliphatic rings. The van der Waals surface area contributed by atoms with Crippen molar-refractivity contribution in [1.29, 1.82) is 0 Å². The number of furan rings is 1. The number of rotatable bonds is 4. The Balaban J connectivity index is 1.57. The fourth-order valence-electron chi connectivity index (χ4n) is 3.06. The number of alkyl halides is 3. The summed E-state index contributed by atoms with van der Waals surface area (Å²) in [6.45, 7) is 0.0849. The van der Waals surface area contributed by atoms with Crippen molar-refractivity contribution in [2.75, 3.05) is 0 Å². The largest absolute Gasteiger partial charge is 0.457 e. The smallest absolute Gasteiger partial charge is 0.417 e. The van der Waals surface area contributed by atoms with Crippen LogP contribution in [0.15, 0.2) is 70.0 Å². The van der Waals surface area contributed by atoms with E-state index in [9.17, 15) is 22.8 Å². The van der Waals surface area contributed by atoms with Crippen LogP contribution in [0.1, 0.15) is 16.9 Å². The Morgan fingerprint density at radius 2 is 1.71 bits per heavy atom. The van der Waals surface area contributed by atoms with Gasteiger partial charge in [-0.15, -0.1) is 0 Å². The third-order valence-electron chi connectivity index (χ3n) is 4.53. The van der Waals surface area contributed by atoms with Crippen LogP contribution in [-0.2, 0) is 17.5 Å². The van der Waals surface area contributed by atoms with Gasteiger partial charge < -0.3 is 4.42 Å². The van der Waals surface area contributed by atoms with Gasteiger partial charge in [-0.2, -0.15) is 13.2 Å². The minimum absolute atomic E-state index is 0.0135. The zero-order chi connectivity index (χ0) is 22.2. The minimum Gasteiger partial charge on any atom is -0.457 e. The summed E-state index contributed by atoms with van der Waals surface area (Å²) in [5.74, 6) is -0.317. The summed E-state index contributed by atoms with van der Waals surface area (Å²) in [7, 11) is 0. The highest BCUT2D eigenvalue weighted by molar-refractivity contribution is 8.18. The fourth-order valence-corrected chi connectivity index (χ4v) is 4.00. The molecule has 4 rings (SSSR count). The first-order chi connectivity index (χ1) is 14.7. The average molecular weight is 464 g/mol. The van der Waals surface area contributed by atoms with E-state index in [1.807, 2.05) is 0 Å². The van der Waals surface area contributed by atoms with Gasteiger partial charge in [-0.3, -0.25) is 14.5 Å². The summed E-state index contributed by atoms with van der Waals surface area (Å²) in [5, 5.41) is 0.0962. The van der Waals surface area contributed by atoms with Crippen molar-refractivity contribution in [1.82, 2.24) is 4.90 Å². The van der Waals surface area contributed by atoms with Crippen molar-refractivity contribution in [3.63, 3.8) is 0 Å². The zero-order valence-corrected chi connectivity index (χ0v) is 17.2. The number of halogens is 4. The molecule has 1 aliphatic heterocycles. The topological polar surface area (TPSA) is 50.5 Å². The normalized spacial score (nSPS) is 15.9. The molecule has 4 nitrogen and oxygen atoms in total. The van der Waals surface area contributed by atoms with Gasteiger partial charge in [0.1, 0.15) is 11.5 Å². The first-order valence-electron chi connectivity index (χ1n) is 8.98. The molecule has 0 radical (unpaired) electrons. The molecule has 3 aromatic rings. The standard InChI is InChI=1S/C22H13ClF3NO3S/c23-14-7-5-13(6-8-14)12-27-20(28)19(31-21(27)29)11-15-9-10-18(30-15)16-3-1-2-4-17(16)22(24,25)26/h1-11H,12H2/b19-11-. The van der Waals surface area contributed by atoms with Crippen molar-refractivity contribution >= 4 is 40.6 Å². The van der Waals surface area contributed by atoms with Crippen LogP contribution in [0.2, 0.25) is 5.02 Å². The van der Waals surface area contributed by atoms with Gasteiger partial charge in [0.2, 0.25) is 0 Å². The molecule has 158 valence electrons. The number of imide groups is 1. The number of hydrogen-bond donors (Lipinski definition) is 0. The number of amides is 2. The van der Waals surface area contributed by atoms with Crippen LogP contribution < -0.4 is 0 Å². The summed E-state index contributed by atoms with van der Waals surface area (Å²) >= 11 is 6.59. The summed E-state index contributed by atoms with van der Waals surface area (Å²) in [6.07, 6.45) is -3.18. The highest BCUT2D eigenvalue weighted by Crippen LogP contribution is 2.38. The molecule has 0 spiro atoms. The maximum Gasteiger partial charge on any atom is 0.417 e. The van der Waals surface area contributed by atoms with Crippen molar-refractivity contribution in [3.8, 4) is 11.3 Å². The second-order valence-electron chi connectivity index (χ2n) is 6.64. The molecule has 31 heavy (non-hydrogen) atoms. The quantitative estimate of drug-likeness (QED) is 0.397. The lowest BCUT2D eigenvalue weighted by atomic mass is 10.1. The maximum atomic E-state index is 13.3. The minimum atomic E-state index is -4.53. The molecule has 2 aromatic carbocycles. The van der Waals surface area contributed by atoms with Crippen LogP contribution >= 0.6 is 23.4 Å². The van der Waals surface area contributed by atoms with Crippen LogP contribution in [0.25, 0.3) is 17.4 Å². The van der Waals surface area contributed by atoms with Gasteiger partial charge in [0.05, 0.1) is 17.0 Å². The SMILES string of the molecule is O=C1S/C(=C\c2ccc(-c3ccccc3C(F)(F)F)o2)C(=O)N1Cc1ccc(Cl)cc1. The van der Waals surface area contributed by atoms with Gasteiger partial charge in [0.25, 0.3) is 11.1 Å². The third kappa shape index (κ3) is 4.55. The third-order valence-corrected chi connectivity index (χ3v) is 5.68. The molecule has 1 fully saturated rings. The molecule has 0 aliphatic carbocycles. The van der Waals surface area contributed by atoms with E-state index in [0.29, 0.717) is 5.02 Å². The average Bonchev–Trinajstić information content (AvgIpc) is 3.29. The van der Waals surface area contributed by atoms with Crippen LogP contribution in [0, 0.1) is 0 Å². The monoisotopic (exact) mass is 463 g/mol. The molecule has 0 unspecified atom stereocenters. The fraction of sp³-hybridized carbons (Fsp3) is 0.0909. The highest BCUT2D eigenvalue weighted by Gasteiger charge is 2.36. The van der Waals surface area contributed by atoms with Crippen molar-refractivity contribution in [3.05, 3.63) is 87.5 Å². The summed E-state index contributed by atoms with van der Waals surface area (Å²) < 4.78 is 45.3. The maximum absolute atomic E-state index is 13.3. The predicted octanol–water partition coefficient (Wildman–Crippen LogP) is 6.86. The first-order valence-corrected chi connectivity index (χ1v) is 10.2. The van der Waals surface area contributed by atoms with E-state index in [-0.39, 0.29) is 28.5 Å². The lowest BCUT2D eigenvalue weighted by molar-refractivity contribution is -0.137. The van der Waals surface area contributed by atoms with Crippen LogP contribution in [0.5, 0.6) is 0 Å². The number of benzene rings is 2. The second kappa shape index (κ2) is 8.28. The highest BCUT2D eigenvalue weighted by atomic mass is 35.5. The van der Waals surface area contributed by atoms with Crippen molar-refractivity contribution in [2.24, 2.45) is 0 Å². The molecule has 0 bridgehead atoms. The van der Waals surface area contributed by atoms with E-state index in [1.165, 1.54) is 36.4 Å². The Bertz CT molecular complexity index is 1190. The van der Waals surface area contributed by atoms with E-state index < -0.39 is 22.9 Å². The molecule has 0 N–H and O–H groups in total. The van der Waals surface area contributed by atoms with Gasteiger partial charge in [0, 0.05) is 16.7 Å². The Hall–Kier alpha value is -2.97. The summed E-state index contributed by atoms with van der Waals surface area (Å²) in [5.41, 5.74) is -0.193. The first kappa shape index (κ1) is 21.3. The van der Waals surface area contributed by atoms with E-state index >= 15 is 0 Å². The lowest BCUT2D eigenvalue weighted by Crippen LogP contribution is -2.27. The molecule has 1 saturated heterocycles. The van der Waals surface area contributed by atoms with Gasteiger partial charge in [-0.25, -0.2) is 0 Å². The molecular formula is C22H13ClF3NO3S. The number of nitrogens with zero attached hydrogens (tertiary/aromatic N) is 1. The molecule has 2 amide bonds. The predicted molar refractivity (Wildman–Crippen MR) is 112 cm³/mol. The Morgan fingerprint density at radius 1 is 1.00 bits per heavy atom. The Morgan fingerprint density at radius 3 is 2.42 bits per heavy atom. The molecular weight excluding hydrogens is 451 g/mol. The van der Waals surface area contributed by atoms with E-state index in [2.05, 4.69) is 0 Å². The van der Waals surface area contributed by atoms with Gasteiger partial charge in [-0.1, -0.05) is 41.9 Å². The molecule has 2 heterocycles. The number of carbonyl (C=O) groups is 2. The second-order valence-corrected chi connectivity index (χ2v) is 8.07. The molecule has 1 aromatic heterocycles. The Kier molecular flexibility index (Phi) is 5.68. The molecule has 0 saturated carbocycles. The van der Waals surface area contributed by atoms with E-state index in [4.69, 9.17) is 16.0 Å². The number of thioether (sulfide) groups is 1. The van der Waals surface area contributed by atoms with Crippen LogP contribution in [0.3, 0.4) is 0 Å². The van der Waals surface area contributed by atoms with E-state index in [0.717, 1.165) is 28.3 Å². The number of carbonyl (C=O) groups excluding carboxylic acids is 2. The van der Waals surface area contributed by atoms with Crippen LogP contribution in [0.4, 0.5) is 18.0 Å². The molecule has 0 atom stereocenters. The zero-order valence-electron chi connectivity index (χ0n) is 15.7. The number of hydrogen-bond acceptors (Lipinski definition) is 4. The lowest BCUT2D eigenvalue weighted by Gasteiger charge is -2.12. The van der Waals surface area contributed by atoms with Gasteiger partial charge >= 0.3 is 6.18 Å². The van der Waals surface area contributed by atoms with Crippen molar-refractivity contribution in [2.45, 2.75) is 12.7 Å². The molecule has 9 heteroatoms. The van der Waals surface area contributed by atoms with Gasteiger partial charge in [0.15, 0.2) is 0 Å². The van der Waals surface area contributed by atoms with Gasteiger partial charge in [-0.05, 0) is 47.7 Å². The van der Waals surface area contributed by atoms with Crippen molar-refractivity contribution < 1.29 is 27.2 Å². The Labute approximate surface area is 184 Å².